The number of hydrogen-bond acceptors (Lipinski definition) is 5. The predicted molar refractivity (Wildman–Crippen MR) is 134 cm³/mol. The number of nitrogens with zero attached hydrogens (tertiary/aromatic N) is 4. The zero-order chi connectivity index (χ0) is 22.8. The molecule has 2 heterocycles. The van der Waals surface area contributed by atoms with Crippen molar-refractivity contribution in [2.45, 2.75) is 43.0 Å². The molecule has 2 aromatic carbocycles. The molecule has 1 saturated carbocycles. The summed E-state index contributed by atoms with van der Waals surface area (Å²) in [6, 6.07) is 16.5. The summed E-state index contributed by atoms with van der Waals surface area (Å²) in [7, 11) is 0. The monoisotopic (exact) mass is 457 g/mol. The van der Waals surface area contributed by atoms with Gasteiger partial charge in [0.25, 0.3) is 0 Å². The molecular formula is C26H27N5OS. The summed E-state index contributed by atoms with van der Waals surface area (Å²) >= 11 is 1.72. The minimum atomic E-state index is -0.421. The fourth-order valence-electron chi connectivity index (χ4n) is 4.72. The zero-order valence-corrected chi connectivity index (χ0v) is 19.5. The largest absolute Gasteiger partial charge is 0.366 e. The molecule has 0 atom stereocenters. The van der Waals surface area contributed by atoms with Crippen molar-refractivity contribution >= 4 is 34.8 Å². The van der Waals surface area contributed by atoms with Crippen LogP contribution in [0.25, 0.3) is 16.9 Å². The number of carbonyl (C=O) groups excluding carboxylic acids is 1. The van der Waals surface area contributed by atoms with Crippen molar-refractivity contribution < 1.29 is 4.79 Å². The average molecular weight is 458 g/mol. The molecule has 7 heteroatoms. The molecule has 1 aliphatic carbocycles. The summed E-state index contributed by atoms with van der Waals surface area (Å²) in [6.45, 7) is 0. The normalized spacial score (nSPS) is 14.5. The van der Waals surface area contributed by atoms with Gasteiger partial charge >= 0.3 is 0 Å². The molecule has 6 nitrogen and oxygen atoms in total. The number of aromatic nitrogens is 3. The van der Waals surface area contributed by atoms with Gasteiger partial charge in [-0.2, -0.15) is 0 Å². The Labute approximate surface area is 197 Å². The lowest BCUT2D eigenvalue weighted by molar-refractivity contribution is 0.100. The fraction of sp³-hybridized carbons (Fsp3) is 0.269. The van der Waals surface area contributed by atoms with Gasteiger partial charge in [-0.15, -0.1) is 11.8 Å². The molecule has 2 N–H and O–H groups in total. The Balaban J connectivity index is 1.74. The maximum atomic E-state index is 12.0. The molecule has 0 saturated heterocycles. The molecular weight excluding hydrogens is 430 g/mol. The third-order valence-corrected chi connectivity index (χ3v) is 7.09. The Morgan fingerprint density at radius 3 is 2.64 bits per heavy atom. The molecule has 2 aromatic heterocycles. The molecule has 0 bridgehead atoms. The van der Waals surface area contributed by atoms with E-state index in [0.717, 1.165) is 41.3 Å². The van der Waals surface area contributed by atoms with Gasteiger partial charge in [0.15, 0.2) is 5.65 Å². The van der Waals surface area contributed by atoms with E-state index in [2.05, 4.69) is 50.9 Å². The molecule has 4 aromatic rings. The van der Waals surface area contributed by atoms with E-state index in [0.29, 0.717) is 11.6 Å². The van der Waals surface area contributed by atoms with Crippen molar-refractivity contribution in [3.8, 4) is 11.3 Å². The van der Waals surface area contributed by atoms with Crippen LogP contribution in [0.2, 0.25) is 0 Å². The summed E-state index contributed by atoms with van der Waals surface area (Å²) in [4.78, 5) is 24.9. The first-order chi connectivity index (χ1) is 16.2. The standard InChI is InChI=1S/C26H27N5OS/c1-33-22-12-10-18(11-13-22)24-26(30-15-14-28-17-23(30)29-24)31(20-7-3-2-4-8-20)21-9-5-6-19(16-21)25(27)32/h5-6,9-17,20H,2-4,7-8H2,1H3,(H2,27,32). The van der Waals surface area contributed by atoms with Gasteiger partial charge in [0.2, 0.25) is 5.91 Å². The van der Waals surface area contributed by atoms with Crippen LogP contribution in [0.1, 0.15) is 42.5 Å². The molecule has 0 unspecified atom stereocenters. The molecule has 0 aliphatic heterocycles. The average Bonchev–Trinajstić information content (AvgIpc) is 3.24. The Bertz CT molecular complexity index is 1280. The van der Waals surface area contributed by atoms with E-state index < -0.39 is 5.91 Å². The number of benzene rings is 2. The van der Waals surface area contributed by atoms with E-state index in [4.69, 9.17) is 10.7 Å². The van der Waals surface area contributed by atoms with Crippen molar-refractivity contribution in [3.63, 3.8) is 0 Å². The first-order valence-corrected chi connectivity index (χ1v) is 12.5. The van der Waals surface area contributed by atoms with Crippen LogP contribution in [-0.2, 0) is 0 Å². The summed E-state index contributed by atoms with van der Waals surface area (Å²) in [5.41, 5.74) is 9.86. The van der Waals surface area contributed by atoms with Crippen molar-refractivity contribution in [1.29, 1.82) is 0 Å². The van der Waals surface area contributed by atoms with Crippen molar-refractivity contribution in [1.82, 2.24) is 14.4 Å². The molecule has 168 valence electrons. The minimum Gasteiger partial charge on any atom is -0.366 e. The highest BCUT2D eigenvalue weighted by Crippen LogP contribution is 2.40. The van der Waals surface area contributed by atoms with E-state index in [9.17, 15) is 4.79 Å². The third kappa shape index (κ3) is 4.20. The van der Waals surface area contributed by atoms with Gasteiger partial charge in [0.1, 0.15) is 11.5 Å². The van der Waals surface area contributed by atoms with E-state index in [1.807, 2.05) is 18.3 Å². The van der Waals surface area contributed by atoms with Gasteiger partial charge in [-0.3, -0.25) is 14.2 Å². The van der Waals surface area contributed by atoms with Crippen LogP contribution in [-0.4, -0.2) is 32.6 Å². The number of anilines is 2. The van der Waals surface area contributed by atoms with Crippen LogP contribution in [0.4, 0.5) is 11.5 Å². The highest BCUT2D eigenvalue weighted by molar-refractivity contribution is 7.98. The Morgan fingerprint density at radius 1 is 1.12 bits per heavy atom. The number of amides is 1. The highest BCUT2D eigenvalue weighted by Gasteiger charge is 2.29. The Kier molecular flexibility index (Phi) is 6.05. The quantitative estimate of drug-likeness (QED) is 0.377. The second-order valence-corrected chi connectivity index (χ2v) is 9.27. The van der Waals surface area contributed by atoms with Crippen LogP contribution < -0.4 is 10.6 Å². The van der Waals surface area contributed by atoms with Crippen molar-refractivity contribution in [3.05, 3.63) is 72.7 Å². The van der Waals surface area contributed by atoms with E-state index >= 15 is 0 Å². The van der Waals surface area contributed by atoms with Crippen LogP contribution in [0.15, 0.2) is 72.0 Å². The molecule has 1 fully saturated rings. The first-order valence-electron chi connectivity index (χ1n) is 11.3. The van der Waals surface area contributed by atoms with Crippen molar-refractivity contribution in [2.24, 2.45) is 5.73 Å². The van der Waals surface area contributed by atoms with Crippen LogP contribution in [0.5, 0.6) is 0 Å². The van der Waals surface area contributed by atoms with Gasteiger partial charge < -0.3 is 10.6 Å². The van der Waals surface area contributed by atoms with Gasteiger partial charge in [-0.05, 0) is 49.4 Å². The number of rotatable bonds is 6. The van der Waals surface area contributed by atoms with Gasteiger partial charge in [0, 0.05) is 40.1 Å². The molecule has 33 heavy (non-hydrogen) atoms. The number of carbonyl (C=O) groups is 1. The summed E-state index contributed by atoms with van der Waals surface area (Å²) < 4.78 is 2.11. The van der Waals surface area contributed by atoms with Gasteiger partial charge in [-0.1, -0.05) is 37.5 Å². The third-order valence-electron chi connectivity index (χ3n) is 6.35. The number of thioether (sulfide) groups is 1. The minimum absolute atomic E-state index is 0.305. The summed E-state index contributed by atoms with van der Waals surface area (Å²) in [6.07, 6.45) is 13.4. The van der Waals surface area contributed by atoms with Crippen LogP contribution in [0, 0.1) is 0 Å². The SMILES string of the molecule is CSc1ccc(-c2nc3cnccn3c2N(c2cccc(C(N)=O)c2)C2CCCCC2)cc1. The van der Waals surface area contributed by atoms with E-state index in [1.165, 1.54) is 24.2 Å². The summed E-state index contributed by atoms with van der Waals surface area (Å²) in [5, 5.41) is 0. The number of hydrogen-bond donors (Lipinski definition) is 1. The van der Waals surface area contributed by atoms with Crippen LogP contribution in [0.3, 0.4) is 0 Å². The lowest BCUT2D eigenvalue weighted by Gasteiger charge is -2.36. The van der Waals surface area contributed by atoms with Crippen LogP contribution >= 0.6 is 11.8 Å². The molecule has 0 spiro atoms. The zero-order valence-electron chi connectivity index (χ0n) is 18.6. The van der Waals surface area contributed by atoms with Crippen molar-refractivity contribution in [2.75, 3.05) is 11.2 Å². The molecule has 1 amide bonds. The lowest BCUT2D eigenvalue weighted by atomic mass is 9.93. The smallest absolute Gasteiger partial charge is 0.248 e. The van der Waals surface area contributed by atoms with Gasteiger partial charge in [-0.25, -0.2) is 4.98 Å². The lowest BCUT2D eigenvalue weighted by Crippen LogP contribution is -2.34. The first kappa shape index (κ1) is 21.5. The number of fused-ring (bicyclic) bond motifs is 1. The van der Waals surface area contributed by atoms with E-state index in [1.54, 1.807) is 30.2 Å². The highest BCUT2D eigenvalue weighted by atomic mass is 32.2. The maximum absolute atomic E-state index is 12.0. The topological polar surface area (TPSA) is 76.5 Å². The number of primary amides is 1. The molecule has 1 aliphatic rings. The number of nitrogens with two attached hydrogens (primary N) is 1. The second kappa shape index (κ2) is 9.27. The fourth-order valence-corrected chi connectivity index (χ4v) is 5.13. The second-order valence-electron chi connectivity index (χ2n) is 8.39. The van der Waals surface area contributed by atoms with Gasteiger partial charge in [0.05, 0.1) is 6.20 Å². The van der Waals surface area contributed by atoms with E-state index in [-0.39, 0.29) is 0 Å². The molecule has 5 rings (SSSR count). The maximum Gasteiger partial charge on any atom is 0.248 e. The Morgan fingerprint density at radius 2 is 1.91 bits per heavy atom. The summed E-state index contributed by atoms with van der Waals surface area (Å²) in [5.74, 6) is 0.577. The molecule has 0 radical (unpaired) electrons. The Hall–Kier alpha value is -3.32. The predicted octanol–water partition coefficient (Wildman–Crippen LogP) is 5.69. The number of imidazole rings is 1.